The summed E-state index contributed by atoms with van der Waals surface area (Å²) in [5.74, 6) is -0.313. The van der Waals surface area contributed by atoms with Crippen LogP contribution in [0.1, 0.15) is 16.1 Å². The zero-order valence-corrected chi connectivity index (χ0v) is 16.6. The number of nitrogens with zero attached hydrogens (tertiary/aromatic N) is 4. The molecule has 0 radical (unpaired) electrons. The minimum atomic E-state index is -0.313. The molecule has 1 aromatic heterocycles. The van der Waals surface area contributed by atoms with Crippen molar-refractivity contribution in [1.82, 2.24) is 20.0 Å². The Balaban J connectivity index is 1.88. The summed E-state index contributed by atoms with van der Waals surface area (Å²) in [4.78, 5) is 29.1. The van der Waals surface area contributed by atoms with Gasteiger partial charge in [-0.3, -0.25) is 14.5 Å². The molecule has 7 nitrogen and oxygen atoms in total. The second-order valence-corrected chi connectivity index (χ2v) is 6.99. The third kappa shape index (κ3) is 4.04. The highest BCUT2D eigenvalue weighted by atomic mass is 16.2. The SMILES string of the molecule is CNC(=O)c1nn(CN(C)Cc2ccc(N(C)C)cc2)c(=O)c2ccccc12. The van der Waals surface area contributed by atoms with Crippen molar-refractivity contribution in [2.45, 2.75) is 13.2 Å². The van der Waals surface area contributed by atoms with Gasteiger partial charge < -0.3 is 10.2 Å². The Labute approximate surface area is 164 Å². The topological polar surface area (TPSA) is 70.5 Å². The summed E-state index contributed by atoms with van der Waals surface area (Å²) in [5, 5.41) is 7.97. The quantitative estimate of drug-likeness (QED) is 0.709. The number of hydrogen-bond donors (Lipinski definition) is 1. The first-order valence-corrected chi connectivity index (χ1v) is 9.07. The second-order valence-electron chi connectivity index (χ2n) is 6.99. The minimum absolute atomic E-state index is 0.210. The fourth-order valence-corrected chi connectivity index (χ4v) is 3.11. The molecule has 3 aromatic rings. The molecule has 0 saturated carbocycles. The molecule has 2 aromatic carbocycles. The Kier molecular flexibility index (Phi) is 5.75. The van der Waals surface area contributed by atoms with Gasteiger partial charge in [0.2, 0.25) is 0 Å². The maximum absolute atomic E-state index is 12.8. The molecule has 28 heavy (non-hydrogen) atoms. The molecule has 0 aliphatic rings. The highest BCUT2D eigenvalue weighted by Gasteiger charge is 2.16. The van der Waals surface area contributed by atoms with E-state index < -0.39 is 0 Å². The number of anilines is 1. The number of carbonyl (C=O) groups excluding carboxylic acids is 1. The third-order valence-corrected chi connectivity index (χ3v) is 4.59. The van der Waals surface area contributed by atoms with Gasteiger partial charge >= 0.3 is 0 Å². The maximum Gasteiger partial charge on any atom is 0.275 e. The van der Waals surface area contributed by atoms with E-state index in [1.54, 1.807) is 31.3 Å². The summed E-state index contributed by atoms with van der Waals surface area (Å²) in [6.45, 7) is 0.938. The van der Waals surface area contributed by atoms with Crippen molar-refractivity contribution in [3.8, 4) is 0 Å². The van der Waals surface area contributed by atoms with Crippen LogP contribution in [-0.2, 0) is 13.2 Å². The third-order valence-electron chi connectivity index (χ3n) is 4.59. The van der Waals surface area contributed by atoms with E-state index in [4.69, 9.17) is 0 Å². The van der Waals surface area contributed by atoms with Crippen molar-refractivity contribution in [3.63, 3.8) is 0 Å². The standard InChI is InChI=1S/C21H25N5O2/c1-22-20(27)19-17-7-5-6-8-18(17)21(28)26(23-19)14-25(4)13-15-9-11-16(12-10-15)24(2)3/h5-12H,13-14H2,1-4H3,(H,22,27). The van der Waals surface area contributed by atoms with Crippen molar-refractivity contribution in [3.05, 3.63) is 70.1 Å². The molecular formula is C21H25N5O2. The molecule has 146 valence electrons. The maximum atomic E-state index is 12.8. The number of amides is 1. The summed E-state index contributed by atoms with van der Waals surface area (Å²) < 4.78 is 1.35. The van der Waals surface area contributed by atoms with Gasteiger partial charge in [0.1, 0.15) is 0 Å². The Morgan fingerprint density at radius 3 is 2.29 bits per heavy atom. The fourth-order valence-electron chi connectivity index (χ4n) is 3.11. The Bertz CT molecular complexity index is 1040. The summed E-state index contributed by atoms with van der Waals surface area (Å²) in [6, 6.07) is 15.3. The Morgan fingerprint density at radius 1 is 1.04 bits per heavy atom. The normalized spacial score (nSPS) is 11.0. The number of carbonyl (C=O) groups is 1. The lowest BCUT2D eigenvalue weighted by molar-refractivity contribution is 0.0956. The second kappa shape index (κ2) is 8.22. The Hall–Kier alpha value is -3.19. The largest absolute Gasteiger partial charge is 0.378 e. The number of rotatable bonds is 6. The molecule has 1 amide bonds. The van der Waals surface area contributed by atoms with Gasteiger partial charge in [-0.25, -0.2) is 4.68 Å². The van der Waals surface area contributed by atoms with E-state index in [-0.39, 0.29) is 23.8 Å². The minimum Gasteiger partial charge on any atom is -0.378 e. The predicted molar refractivity (Wildman–Crippen MR) is 112 cm³/mol. The molecule has 1 heterocycles. The number of nitrogens with one attached hydrogen (secondary N) is 1. The van der Waals surface area contributed by atoms with E-state index >= 15 is 0 Å². The monoisotopic (exact) mass is 379 g/mol. The van der Waals surface area contributed by atoms with Crippen LogP contribution in [0.15, 0.2) is 53.3 Å². The fraction of sp³-hybridized carbons (Fsp3) is 0.286. The van der Waals surface area contributed by atoms with Crippen LogP contribution in [0.25, 0.3) is 10.8 Å². The smallest absolute Gasteiger partial charge is 0.275 e. The Morgan fingerprint density at radius 2 is 1.68 bits per heavy atom. The number of benzene rings is 2. The van der Waals surface area contributed by atoms with Crippen LogP contribution in [-0.4, -0.2) is 48.8 Å². The first-order chi connectivity index (χ1) is 13.4. The van der Waals surface area contributed by atoms with Gasteiger partial charge in [0.25, 0.3) is 11.5 Å². The van der Waals surface area contributed by atoms with Gasteiger partial charge in [-0.1, -0.05) is 30.3 Å². The molecule has 0 unspecified atom stereocenters. The summed E-state index contributed by atoms with van der Waals surface area (Å²) in [7, 11) is 7.48. The highest BCUT2D eigenvalue weighted by Crippen LogP contribution is 2.15. The van der Waals surface area contributed by atoms with E-state index in [1.165, 1.54) is 4.68 Å². The van der Waals surface area contributed by atoms with Gasteiger partial charge in [0, 0.05) is 38.8 Å². The van der Waals surface area contributed by atoms with Gasteiger partial charge in [0.15, 0.2) is 5.69 Å². The molecule has 0 bridgehead atoms. The van der Waals surface area contributed by atoms with Crippen LogP contribution < -0.4 is 15.8 Å². The average molecular weight is 379 g/mol. The average Bonchev–Trinajstić information content (AvgIpc) is 2.70. The molecule has 3 rings (SSSR count). The molecule has 0 spiro atoms. The summed E-state index contributed by atoms with van der Waals surface area (Å²) >= 11 is 0. The van der Waals surface area contributed by atoms with E-state index in [9.17, 15) is 9.59 Å². The van der Waals surface area contributed by atoms with Gasteiger partial charge in [-0.05, 0) is 30.8 Å². The van der Waals surface area contributed by atoms with Gasteiger partial charge in [-0.15, -0.1) is 0 Å². The number of hydrogen-bond acceptors (Lipinski definition) is 5. The van der Waals surface area contributed by atoms with E-state index in [2.05, 4.69) is 34.7 Å². The van der Waals surface area contributed by atoms with Crippen molar-refractivity contribution >= 4 is 22.4 Å². The van der Waals surface area contributed by atoms with Crippen LogP contribution >= 0.6 is 0 Å². The van der Waals surface area contributed by atoms with Gasteiger partial charge in [0.05, 0.1) is 12.1 Å². The van der Waals surface area contributed by atoms with Crippen LogP contribution in [0, 0.1) is 0 Å². The lowest BCUT2D eigenvalue weighted by atomic mass is 10.1. The van der Waals surface area contributed by atoms with Gasteiger partial charge in [-0.2, -0.15) is 5.10 Å². The molecule has 0 aliphatic heterocycles. The number of fused-ring (bicyclic) bond motifs is 1. The highest BCUT2D eigenvalue weighted by molar-refractivity contribution is 6.04. The predicted octanol–water partition coefficient (Wildman–Crippen LogP) is 1.91. The molecule has 1 N–H and O–H groups in total. The first kappa shape index (κ1) is 19.6. The first-order valence-electron chi connectivity index (χ1n) is 9.07. The van der Waals surface area contributed by atoms with E-state index in [1.807, 2.05) is 30.9 Å². The summed E-state index contributed by atoms with van der Waals surface area (Å²) in [5.41, 5.74) is 2.31. The van der Waals surface area contributed by atoms with E-state index in [0.29, 0.717) is 17.3 Å². The lowest BCUT2D eigenvalue weighted by Crippen LogP contribution is -2.34. The van der Waals surface area contributed by atoms with Crippen LogP contribution in [0.2, 0.25) is 0 Å². The lowest BCUT2D eigenvalue weighted by Gasteiger charge is -2.19. The van der Waals surface area contributed by atoms with Crippen LogP contribution in [0.5, 0.6) is 0 Å². The van der Waals surface area contributed by atoms with Crippen molar-refractivity contribution in [2.24, 2.45) is 0 Å². The summed E-state index contributed by atoms with van der Waals surface area (Å²) in [6.07, 6.45) is 0. The molecule has 7 heteroatoms. The molecule has 0 aliphatic carbocycles. The van der Waals surface area contributed by atoms with Crippen molar-refractivity contribution in [1.29, 1.82) is 0 Å². The molecule has 0 atom stereocenters. The van der Waals surface area contributed by atoms with E-state index in [0.717, 1.165) is 11.3 Å². The van der Waals surface area contributed by atoms with Crippen LogP contribution in [0.4, 0.5) is 5.69 Å². The molecule has 0 saturated heterocycles. The van der Waals surface area contributed by atoms with Crippen molar-refractivity contribution < 1.29 is 4.79 Å². The van der Waals surface area contributed by atoms with Crippen LogP contribution in [0.3, 0.4) is 0 Å². The molecule has 0 fully saturated rings. The molecular weight excluding hydrogens is 354 g/mol. The van der Waals surface area contributed by atoms with Crippen molar-refractivity contribution in [2.75, 3.05) is 33.1 Å². The number of aromatic nitrogens is 2. The zero-order valence-electron chi connectivity index (χ0n) is 16.6. The zero-order chi connectivity index (χ0) is 20.3.